The van der Waals surface area contributed by atoms with Crippen LogP contribution in [0.1, 0.15) is 311 Å². The average Bonchev–Trinajstić information content (AvgIpc) is 4.12. The largest absolute Gasteiger partial charge is 0.377 e. The zero-order chi connectivity index (χ0) is 59.7. The molecule has 4 amide bonds. The van der Waals surface area contributed by atoms with Crippen LogP contribution in [-0.2, 0) is 28.7 Å². The van der Waals surface area contributed by atoms with E-state index in [4.69, 9.17) is 9.47 Å². The molecular formula is C70H136N6O6. The lowest BCUT2D eigenvalue weighted by Gasteiger charge is -2.35. The Bertz CT molecular complexity index is 1420. The van der Waals surface area contributed by atoms with Crippen LogP contribution in [0.5, 0.6) is 0 Å². The first kappa shape index (κ1) is 75.8. The second kappa shape index (κ2) is 51.9. The van der Waals surface area contributed by atoms with E-state index >= 15 is 0 Å². The average molecular weight is 1160 g/mol. The van der Waals surface area contributed by atoms with Crippen molar-refractivity contribution in [1.29, 1.82) is 0 Å². The van der Waals surface area contributed by atoms with Gasteiger partial charge >= 0.3 is 0 Å². The van der Waals surface area contributed by atoms with Crippen LogP contribution < -0.4 is 10.6 Å². The normalized spacial score (nSPS) is 16.6. The second-order valence-electron chi connectivity index (χ2n) is 26.3. The molecule has 4 unspecified atom stereocenters. The fraction of sp³-hybridized carbons (Fsp3) is 0.943. The highest BCUT2D eigenvalue weighted by Crippen LogP contribution is 2.25. The summed E-state index contributed by atoms with van der Waals surface area (Å²) in [6.45, 7) is 18.3. The Morgan fingerprint density at radius 3 is 0.927 bits per heavy atom. The summed E-state index contributed by atoms with van der Waals surface area (Å²) in [4.78, 5) is 64.3. The maximum Gasteiger partial charge on any atom is 0.243 e. The highest BCUT2D eigenvalue weighted by Gasteiger charge is 2.35. The molecular weight excluding hydrogens is 1020 g/mol. The van der Waals surface area contributed by atoms with E-state index < -0.39 is 12.1 Å². The van der Waals surface area contributed by atoms with Crippen LogP contribution in [-0.4, -0.2) is 147 Å². The molecule has 12 nitrogen and oxygen atoms in total. The van der Waals surface area contributed by atoms with E-state index in [0.717, 1.165) is 64.5 Å². The zero-order valence-electron chi connectivity index (χ0n) is 55.5. The predicted molar refractivity (Wildman–Crippen MR) is 346 cm³/mol. The van der Waals surface area contributed by atoms with Crippen LogP contribution >= 0.6 is 0 Å². The van der Waals surface area contributed by atoms with Gasteiger partial charge in [0.2, 0.25) is 23.6 Å². The van der Waals surface area contributed by atoms with E-state index in [9.17, 15) is 19.2 Å². The molecule has 2 fully saturated rings. The Labute approximate surface area is 507 Å². The molecule has 2 rings (SSSR count). The van der Waals surface area contributed by atoms with Crippen LogP contribution in [0.4, 0.5) is 0 Å². The predicted octanol–water partition coefficient (Wildman–Crippen LogP) is 16.0. The topological polar surface area (TPSA) is 124 Å². The lowest BCUT2D eigenvalue weighted by Crippen LogP contribution is -2.53. The summed E-state index contributed by atoms with van der Waals surface area (Å²) in [5.74, 6) is -0.0489. The molecule has 0 aromatic heterocycles. The number of hydrogen-bond acceptors (Lipinski definition) is 8. The van der Waals surface area contributed by atoms with E-state index in [1.807, 2.05) is 9.80 Å². The molecule has 482 valence electrons. The summed E-state index contributed by atoms with van der Waals surface area (Å²) >= 11 is 0. The van der Waals surface area contributed by atoms with E-state index in [-0.39, 0.29) is 35.5 Å². The van der Waals surface area contributed by atoms with Gasteiger partial charge in [-0.05, 0) is 90.4 Å². The minimum Gasteiger partial charge on any atom is -0.377 e. The van der Waals surface area contributed by atoms with Crippen LogP contribution in [0.2, 0.25) is 0 Å². The van der Waals surface area contributed by atoms with Crippen LogP contribution in [0.3, 0.4) is 0 Å². The van der Waals surface area contributed by atoms with Gasteiger partial charge in [-0.3, -0.25) is 19.2 Å². The lowest BCUT2D eigenvalue weighted by atomic mass is 9.99. The molecule has 2 heterocycles. The maximum atomic E-state index is 14.0. The number of nitrogens with one attached hydrogen (secondary N) is 2. The minimum atomic E-state index is -0.522. The van der Waals surface area contributed by atoms with Crippen molar-refractivity contribution in [2.45, 2.75) is 335 Å². The lowest BCUT2D eigenvalue weighted by molar-refractivity contribution is -0.142. The van der Waals surface area contributed by atoms with Crippen molar-refractivity contribution in [2.24, 2.45) is 11.8 Å². The smallest absolute Gasteiger partial charge is 0.243 e. The quantitative estimate of drug-likeness (QED) is 0.0577. The van der Waals surface area contributed by atoms with Crippen LogP contribution in [0.25, 0.3) is 0 Å². The van der Waals surface area contributed by atoms with Crippen molar-refractivity contribution in [3.63, 3.8) is 0 Å². The van der Waals surface area contributed by atoms with Crippen molar-refractivity contribution in [1.82, 2.24) is 30.2 Å². The van der Waals surface area contributed by atoms with Crippen molar-refractivity contribution in [3.8, 4) is 0 Å². The molecule has 4 atom stereocenters. The van der Waals surface area contributed by atoms with Gasteiger partial charge in [0.1, 0.15) is 12.1 Å². The molecule has 0 aliphatic carbocycles. The molecule has 2 N–H and O–H groups in total. The molecule has 0 radical (unpaired) electrons. The molecule has 82 heavy (non-hydrogen) atoms. The van der Waals surface area contributed by atoms with Gasteiger partial charge in [0.25, 0.3) is 0 Å². The fourth-order valence-electron chi connectivity index (χ4n) is 13.0. The molecule has 12 heteroatoms. The second-order valence-corrected chi connectivity index (χ2v) is 26.3. The molecule has 0 saturated carbocycles. The SMILES string of the molecule is CCCCCCCCCCCCCCCCCCCC(=O)N(CCC1CCCN1C)C(C(=O)NCCOCCOCCNC(=O)C(C(C)C)N(CCC1CCCN1C)C(=O)CCCCCCCCCCCCCCCCCCC)C(C)C. The number of rotatable bonds is 57. The zero-order valence-corrected chi connectivity index (χ0v) is 55.5. The molecule has 2 aliphatic rings. The molecule has 0 spiro atoms. The summed E-state index contributed by atoms with van der Waals surface area (Å²) < 4.78 is 11.7. The van der Waals surface area contributed by atoms with E-state index in [0.29, 0.717) is 77.5 Å². The third kappa shape index (κ3) is 37.3. The van der Waals surface area contributed by atoms with Gasteiger partial charge in [-0.25, -0.2) is 0 Å². The van der Waals surface area contributed by atoms with Crippen molar-refractivity contribution >= 4 is 23.6 Å². The third-order valence-corrected chi connectivity index (χ3v) is 18.3. The number of carbonyl (C=O) groups excluding carboxylic acids is 4. The monoisotopic (exact) mass is 1160 g/mol. The number of unbranched alkanes of at least 4 members (excludes halogenated alkanes) is 32. The Morgan fingerprint density at radius 1 is 0.415 bits per heavy atom. The first-order chi connectivity index (χ1) is 39.9. The summed E-state index contributed by atoms with van der Waals surface area (Å²) in [5.41, 5.74) is 0. The van der Waals surface area contributed by atoms with Gasteiger partial charge in [-0.1, -0.05) is 247 Å². The highest BCUT2D eigenvalue weighted by molar-refractivity contribution is 5.88. The van der Waals surface area contributed by atoms with Crippen LogP contribution in [0, 0.1) is 11.8 Å². The number of nitrogens with zero attached hydrogens (tertiary/aromatic N) is 4. The maximum absolute atomic E-state index is 14.0. The Hall–Kier alpha value is -2.28. The molecule has 0 aromatic carbocycles. The Balaban J connectivity index is 1.71. The van der Waals surface area contributed by atoms with Gasteiger partial charge in [-0.15, -0.1) is 0 Å². The number of carbonyl (C=O) groups is 4. The van der Waals surface area contributed by atoms with Gasteiger partial charge in [0, 0.05) is 51.1 Å². The van der Waals surface area contributed by atoms with Crippen molar-refractivity contribution < 1.29 is 28.7 Å². The minimum absolute atomic E-state index is 0.0210. The molecule has 2 saturated heterocycles. The number of likely N-dealkylation sites (tertiary alicyclic amines) is 2. The summed E-state index contributed by atoms with van der Waals surface area (Å²) in [6.07, 6.45) is 52.0. The van der Waals surface area contributed by atoms with E-state index in [1.54, 1.807) is 0 Å². The molecule has 0 bridgehead atoms. The Morgan fingerprint density at radius 2 is 0.683 bits per heavy atom. The summed E-state index contributed by atoms with van der Waals surface area (Å²) in [6, 6.07) is -0.149. The van der Waals surface area contributed by atoms with E-state index in [2.05, 4.69) is 76.1 Å². The first-order valence-corrected chi connectivity index (χ1v) is 35.6. The van der Waals surface area contributed by atoms with Gasteiger partial charge in [-0.2, -0.15) is 0 Å². The number of hydrogen-bond donors (Lipinski definition) is 2. The van der Waals surface area contributed by atoms with Gasteiger partial charge < -0.3 is 39.7 Å². The highest BCUT2D eigenvalue weighted by atomic mass is 16.5. The first-order valence-electron chi connectivity index (χ1n) is 35.6. The van der Waals surface area contributed by atoms with Crippen LogP contribution in [0.15, 0.2) is 0 Å². The molecule has 0 aromatic rings. The van der Waals surface area contributed by atoms with Gasteiger partial charge in [0.05, 0.1) is 26.4 Å². The summed E-state index contributed by atoms with van der Waals surface area (Å²) in [5, 5.41) is 6.20. The van der Waals surface area contributed by atoms with Crippen molar-refractivity contribution in [2.75, 3.05) is 79.8 Å². The third-order valence-electron chi connectivity index (χ3n) is 18.3. The number of amides is 4. The van der Waals surface area contributed by atoms with E-state index in [1.165, 1.54) is 205 Å². The summed E-state index contributed by atoms with van der Waals surface area (Å²) in [7, 11) is 4.36. The fourth-order valence-corrected chi connectivity index (χ4v) is 13.0. The van der Waals surface area contributed by atoms with Gasteiger partial charge in [0.15, 0.2) is 0 Å². The molecule has 2 aliphatic heterocycles. The standard InChI is InChI=1S/C70H136N6O6/c1-9-11-13-15-17-19-21-23-25-27-29-31-33-35-37-39-41-47-65(77)75(55-49-63-45-43-53-73(63)7)67(61(3)4)69(79)71-51-57-81-59-60-82-58-52-72-70(80)68(62(5)6)76(56-50-64-46-44-54-74(64)8)66(78)48-42-40-38-36-34-32-30-28-26-24-22-20-18-16-14-12-10-2/h61-64,67-68H,9-60H2,1-8H3,(H,71,79)(H,72,80). The Kier molecular flexibility index (Phi) is 48.0. The number of ether oxygens (including phenoxy) is 2. The van der Waals surface area contributed by atoms with Crippen molar-refractivity contribution in [3.05, 3.63) is 0 Å².